The highest BCUT2D eigenvalue weighted by molar-refractivity contribution is 7.80. The number of nitrogens with zero attached hydrogens (tertiary/aromatic N) is 1. The summed E-state index contributed by atoms with van der Waals surface area (Å²) in [7, 11) is 0. The fourth-order valence-corrected chi connectivity index (χ4v) is 0.937. The summed E-state index contributed by atoms with van der Waals surface area (Å²) in [5.41, 5.74) is 0.0633. The summed E-state index contributed by atoms with van der Waals surface area (Å²) in [5.74, 6) is 0. The molecule has 60 valence electrons. The number of hydrogen-bond acceptors (Lipinski definition) is 1. The van der Waals surface area contributed by atoms with Gasteiger partial charge in [0, 0.05) is 0 Å². The lowest BCUT2D eigenvalue weighted by atomic mass is 10.3. The number of para-hydroxylation sites is 1. The molecule has 0 bridgehead atoms. The molecule has 0 aliphatic rings. The molecule has 0 fully saturated rings. The second kappa shape index (κ2) is 3.45. The molecule has 0 aliphatic carbocycles. The number of rotatable bonds is 2. The Kier molecular flexibility index (Phi) is 2.56. The molecule has 0 aromatic heterocycles. The predicted octanol–water partition coefficient (Wildman–Crippen LogP) is 1.51. The van der Waals surface area contributed by atoms with E-state index in [9.17, 15) is 8.69 Å². The molecule has 0 saturated carbocycles. The number of benzene rings is 1. The minimum Gasteiger partial charge on any atom is -0.287 e. The van der Waals surface area contributed by atoms with Crippen molar-refractivity contribution in [2.75, 3.05) is 4.53 Å². The fraction of sp³-hybridized carbons (Fsp3) is 0. The first-order chi connectivity index (χ1) is 5.22. The Morgan fingerprint density at radius 1 is 1.36 bits per heavy atom. The van der Waals surface area contributed by atoms with Crippen molar-refractivity contribution in [1.82, 2.24) is 0 Å². The molecule has 0 radical (unpaired) electrons. The van der Waals surface area contributed by atoms with Crippen LogP contribution in [0.5, 0.6) is 0 Å². The SMILES string of the molecule is O=S(O)N(F)c1ccccc1. The van der Waals surface area contributed by atoms with E-state index in [2.05, 4.69) is 0 Å². The van der Waals surface area contributed by atoms with Crippen LogP contribution >= 0.6 is 0 Å². The highest BCUT2D eigenvalue weighted by atomic mass is 32.2. The summed E-state index contributed by atoms with van der Waals surface area (Å²) >= 11 is -2.59. The standard InChI is InChI=1S/C6H6FNO2S/c7-8(11(9)10)6-4-2-1-3-5-6/h1-5H,(H,9,10). The molecular formula is C6H6FNO2S. The Morgan fingerprint density at radius 3 is 2.36 bits per heavy atom. The zero-order chi connectivity index (χ0) is 8.27. The van der Waals surface area contributed by atoms with E-state index in [0.717, 1.165) is 0 Å². The lowest BCUT2D eigenvalue weighted by molar-refractivity contribution is 0.478. The van der Waals surface area contributed by atoms with Crippen molar-refractivity contribution in [3.05, 3.63) is 30.3 Å². The molecule has 1 rings (SSSR count). The van der Waals surface area contributed by atoms with Gasteiger partial charge in [-0.15, -0.1) is 4.53 Å². The highest BCUT2D eigenvalue weighted by Gasteiger charge is 2.08. The molecule has 5 heteroatoms. The van der Waals surface area contributed by atoms with Crippen molar-refractivity contribution in [2.24, 2.45) is 0 Å². The van der Waals surface area contributed by atoms with E-state index in [0.29, 0.717) is 0 Å². The molecule has 1 atom stereocenters. The van der Waals surface area contributed by atoms with Gasteiger partial charge in [-0.1, -0.05) is 22.7 Å². The van der Waals surface area contributed by atoms with Crippen LogP contribution in [0.1, 0.15) is 0 Å². The fourth-order valence-electron chi connectivity index (χ4n) is 0.635. The summed E-state index contributed by atoms with van der Waals surface area (Å²) < 4.78 is 30.8. The van der Waals surface area contributed by atoms with E-state index in [1.54, 1.807) is 18.2 Å². The smallest absolute Gasteiger partial charge is 0.287 e. The van der Waals surface area contributed by atoms with Crippen molar-refractivity contribution >= 4 is 17.0 Å². The Bertz CT molecular complexity index is 254. The predicted molar refractivity (Wildman–Crippen MR) is 40.8 cm³/mol. The minimum atomic E-state index is -2.59. The normalized spacial score (nSPS) is 12.5. The van der Waals surface area contributed by atoms with E-state index in [1.165, 1.54) is 12.1 Å². The van der Waals surface area contributed by atoms with Gasteiger partial charge < -0.3 is 0 Å². The highest BCUT2D eigenvalue weighted by Crippen LogP contribution is 2.13. The molecule has 0 heterocycles. The van der Waals surface area contributed by atoms with E-state index in [1.807, 2.05) is 0 Å². The second-order valence-corrected chi connectivity index (χ2v) is 2.59. The van der Waals surface area contributed by atoms with Crippen LogP contribution in [0, 0.1) is 0 Å². The van der Waals surface area contributed by atoms with Gasteiger partial charge in [-0.3, -0.25) is 4.55 Å². The molecule has 3 nitrogen and oxygen atoms in total. The van der Waals surface area contributed by atoms with Gasteiger partial charge in [-0.25, -0.2) is 4.21 Å². The van der Waals surface area contributed by atoms with Crippen LogP contribution in [-0.4, -0.2) is 8.76 Å². The molecule has 1 unspecified atom stereocenters. The van der Waals surface area contributed by atoms with Crippen molar-refractivity contribution in [1.29, 1.82) is 0 Å². The molecule has 0 amide bonds. The maximum Gasteiger partial charge on any atom is 0.291 e. The van der Waals surface area contributed by atoms with Gasteiger partial charge in [0.1, 0.15) is 0 Å². The molecule has 1 aromatic carbocycles. The van der Waals surface area contributed by atoms with E-state index < -0.39 is 11.3 Å². The van der Waals surface area contributed by atoms with E-state index in [-0.39, 0.29) is 10.2 Å². The minimum absolute atomic E-state index is 0.0633. The molecule has 1 aromatic rings. The average molecular weight is 175 g/mol. The maximum absolute atomic E-state index is 12.5. The van der Waals surface area contributed by atoms with E-state index in [4.69, 9.17) is 4.55 Å². The third-order valence-electron chi connectivity index (χ3n) is 1.10. The Balaban J connectivity index is 2.85. The van der Waals surface area contributed by atoms with Crippen LogP contribution in [0.2, 0.25) is 0 Å². The van der Waals surface area contributed by atoms with E-state index >= 15 is 0 Å². The summed E-state index contributed by atoms with van der Waals surface area (Å²) in [5, 5.41) is 0. The van der Waals surface area contributed by atoms with Crippen molar-refractivity contribution in [2.45, 2.75) is 0 Å². The molecule has 11 heavy (non-hydrogen) atoms. The molecule has 0 spiro atoms. The third kappa shape index (κ3) is 1.99. The van der Waals surface area contributed by atoms with Crippen LogP contribution in [0.15, 0.2) is 30.3 Å². The first-order valence-electron chi connectivity index (χ1n) is 2.84. The van der Waals surface area contributed by atoms with Gasteiger partial charge in [0.05, 0.1) is 5.69 Å². The third-order valence-corrected chi connectivity index (χ3v) is 1.58. The number of halogens is 1. The summed E-state index contributed by atoms with van der Waals surface area (Å²) in [4.78, 5) is 0. The van der Waals surface area contributed by atoms with Gasteiger partial charge in [0.2, 0.25) is 0 Å². The van der Waals surface area contributed by atoms with Crippen molar-refractivity contribution < 1.29 is 13.2 Å². The largest absolute Gasteiger partial charge is 0.291 e. The zero-order valence-electron chi connectivity index (χ0n) is 5.48. The number of anilines is 1. The Labute approximate surface area is 65.8 Å². The van der Waals surface area contributed by atoms with Crippen molar-refractivity contribution in [3.8, 4) is 0 Å². The number of hydrogen-bond donors (Lipinski definition) is 1. The lowest BCUT2D eigenvalue weighted by Gasteiger charge is -2.06. The summed E-state index contributed by atoms with van der Waals surface area (Å²) in [6.07, 6.45) is 0. The molecular weight excluding hydrogens is 169 g/mol. The summed E-state index contributed by atoms with van der Waals surface area (Å²) in [6.45, 7) is 0. The van der Waals surface area contributed by atoms with Gasteiger partial charge in [0.15, 0.2) is 0 Å². The van der Waals surface area contributed by atoms with Crippen LogP contribution in [-0.2, 0) is 11.3 Å². The first-order valence-corrected chi connectivity index (χ1v) is 3.90. The van der Waals surface area contributed by atoms with Crippen LogP contribution in [0.25, 0.3) is 0 Å². The Hall–Kier alpha value is -0.940. The van der Waals surface area contributed by atoms with Crippen LogP contribution in [0.4, 0.5) is 10.2 Å². The quantitative estimate of drug-likeness (QED) is 0.546. The molecule has 0 aliphatic heterocycles. The second-order valence-electron chi connectivity index (χ2n) is 1.81. The van der Waals surface area contributed by atoms with Crippen LogP contribution < -0.4 is 4.53 Å². The van der Waals surface area contributed by atoms with Crippen molar-refractivity contribution in [3.63, 3.8) is 0 Å². The van der Waals surface area contributed by atoms with Gasteiger partial charge in [0.25, 0.3) is 11.3 Å². The van der Waals surface area contributed by atoms with Gasteiger partial charge >= 0.3 is 0 Å². The van der Waals surface area contributed by atoms with Crippen LogP contribution in [0.3, 0.4) is 0 Å². The van der Waals surface area contributed by atoms with Gasteiger partial charge in [-0.2, -0.15) is 0 Å². The summed E-state index contributed by atoms with van der Waals surface area (Å²) in [6, 6.07) is 7.64. The molecule has 0 saturated heterocycles. The zero-order valence-corrected chi connectivity index (χ0v) is 6.29. The lowest BCUT2D eigenvalue weighted by Crippen LogP contribution is -2.13. The Morgan fingerprint density at radius 2 is 1.91 bits per heavy atom. The first kappa shape index (κ1) is 8.16. The topological polar surface area (TPSA) is 40.5 Å². The maximum atomic E-state index is 12.5. The average Bonchev–Trinajstić information content (AvgIpc) is 2.05. The van der Waals surface area contributed by atoms with Gasteiger partial charge in [-0.05, 0) is 12.1 Å². The monoisotopic (exact) mass is 175 g/mol. The molecule has 1 N–H and O–H groups in total.